The Balaban J connectivity index is 1.77. The molecule has 26 heavy (non-hydrogen) atoms. The molecule has 0 unspecified atom stereocenters. The molecule has 0 N–H and O–H groups in total. The first-order valence-corrected chi connectivity index (χ1v) is 9.04. The van der Waals surface area contributed by atoms with Gasteiger partial charge in [0.1, 0.15) is 12.3 Å². The van der Waals surface area contributed by atoms with Crippen LogP contribution in [0.2, 0.25) is 0 Å². The maximum absolute atomic E-state index is 12.8. The van der Waals surface area contributed by atoms with E-state index < -0.39 is 0 Å². The van der Waals surface area contributed by atoms with Gasteiger partial charge in [-0.05, 0) is 12.8 Å². The minimum atomic E-state index is -0.260. The summed E-state index contributed by atoms with van der Waals surface area (Å²) in [5.74, 6) is 0.200. The average Bonchev–Trinajstić information content (AvgIpc) is 2.94. The van der Waals surface area contributed by atoms with Crippen molar-refractivity contribution in [2.24, 2.45) is 5.92 Å². The zero-order valence-corrected chi connectivity index (χ0v) is 15.8. The number of rotatable bonds is 4. The highest BCUT2D eigenvalue weighted by Crippen LogP contribution is 2.30. The molecule has 0 aliphatic carbocycles. The highest BCUT2D eigenvalue weighted by molar-refractivity contribution is 5.93. The molecular weight excluding hydrogens is 336 g/mol. The fraction of sp³-hybridized carbons (Fsp3) is 0.667. The second-order valence-electron chi connectivity index (χ2n) is 7.66. The van der Waals surface area contributed by atoms with Crippen molar-refractivity contribution in [1.82, 2.24) is 19.9 Å². The van der Waals surface area contributed by atoms with Gasteiger partial charge < -0.3 is 19.2 Å². The first-order valence-electron chi connectivity index (χ1n) is 9.04. The lowest BCUT2D eigenvalue weighted by Crippen LogP contribution is -2.51. The molecule has 3 saturated heterocycles. The first-order chi connectivity index (χ1) is 12.3. The van der Waals surface area contributed by atoms with Gasteiger partial charge in [-0.2, -0.15) is 0 Å². The molecule has 4 rings (SSSR count). The van der Waals surface area contributed by atoms with Crippen LogP contribution in [-0.2, 0) is 9.59 Å². The number of hydrogen-bond donors (Lipinski definition) is 0. The topological polar surface area (TPSA) is 87.0 Å². The molecule has 2 atom stereocenters. The standard InChI is InChI=1S/C18H26N4O4/c1-11(2)15-7-14(19-26-15)18(25)21-8-12-5-6-13(9-21)22(17(12)24)10-16(23)20(3)4/h7,11-13H,5-6,8-10H2,1-4H3/t12-,13+/m1/s1. The van der Waals surface area contributed by atoms with Crippen LogP contribution in [0.3, 0.4) is 0 Å². The zero-order chi connectivity index (χ0) is 19.0. The van der Waals surface area contributed by atoms with Gasteiger partial charge in [-0.25, -0.2) is 0 Å². The summed E-state index contributed by atoms with van der Waals surface area (Å²) in [6.45, 7) is 4.80. The van der Waals surface area contributed by atoms with E-state index in [0.29, 0.717) is 18.8 Å². The van der Waals surface area contributed by atoms with Gasteiger partial charge in [0.2, 0.25) is 11.8 Å². The van der Waals surface area contributed by atoms with Crippen LogP contribution in [0, 0.1) is 5.92 Å². The third kappa shape index (κ3) is 3.45. The molecule has 8 heteroatoms. The Hall–Kier alpha value is -2.38. The van der Waals surface area contributed by atoms with Gasteiger partial charge >= 0.3 is 0 Å². The highest BCUT2D eigenvalue weighted by Gasteiger charge is 2.43. The number of carbonyl (C=O) groups excluding carboxylic acids is 3. The maximum atomic E-state index is 12.8. The largest absolute Gasteiger partial charge is 0.360 e. The van der Waals surface area contributed by atoms with Crippen molar-refractivity contribution >= 4 is 17.7 Å². The summed E-state index contributed by atoms with van der Waals surface area (Å²) < 4.78 is 5.23. The number of nitrogens with zero attached hydrogens (tertiary/aromatic N) is 4. The van der Waals surface area contributed by atoms with E-state index in [2.05, 4.69) is 5.16 Å². The van der Waals surface area contributed by atoms with Crippen LogP contribution in [0.4, 0.5) is 0 Å². The van der Waals surface area contributed by atoms with E-state index in [1.165, 1.54) is 4.90 Å². The van der Waals surface area contributed by atoms with E-state index >= 15 is 0 Å². The Labute approximate surface area is 153 Å². The molecule has 0 spiro atoms. The van der Waals surface area contributed by atoms with Crippen molar-refractivity contribution in [3.8, 4) is 0 Å². The predicted octanol–water partition coefficient (Wildman–Crippen LogP) is 0.949. The zero-order valence-electron chi connectivity index (χ0n) is 15.8. The summed E-state index contributed by atoms with van der Waals surface area (Å²) in [5.41, 5.74) is 0.276. The maximum Gasteiger partial charge on any atom is 0.276 e. The van der Waals surface area contributed by atoms with Crippen LogP contribution in [0.1, 0.15) is 48.9 Å². The van der Waals surface area contributed by atoms with Crippen LogP contribution in [0.5, 0.6) is 0 Å². The Morgan fingerprint density at radius 1 is 1.31 bits per heavy atom. The van der Waals surface area contributed by atoms with Crippen molar-refractivity contribution in [3.05, 3.63) is 17.5 Å². The molecule has 1 aromatic heterocycles. The minimum absolute atomic E-state index is 0.0326. The van der Waals surface area contributed by atoms with Crippen LogP contribution >= 0.6 is 0 Å². The molecule has 8 nitrogen and oxygen atoms in total. The lowest BCUT2D eigenvalue weighted by Gasteiger charge is -2.35. The van der Waals surface area contributed by atoms with Crippen molar-refractivity contribution in [2.45, 2.75) is 38.6 Å². The van der Waals surface area contributed by atoms with Gasteiger partial charge in [-0.3, -0.25) is 14.4 Å². The van der Waals surface area contributed by atoms with E-state index in [1.807, 2.05) is 13.8 Å². The summed E-state index contributed by atoms with van der Waals surface area (Å²) >= 11 is 0. The van der Waals surface area contributed by atoms with E-state index in [-0.39, 0.29) is 47.8 Å². The second-order valence-corrected chi connectivity index (χ2v) is 7.66. The number of carbonyl (C=O) groups is 3. The number of hydrogen-bond acceptors (Lipinski definition) is 5. The molecule has 4 heterocycles. The fourth-order valence-electron chi connectivity index (χ4n) is 3.53. The summed E-state index contributed by atoms with van der Waals surface area (Å²) in [7, 11) is 3.35. The third-order valence-corrected chi connectivity index (χ3v) is 5.20. The van der Waals surface area contributed by atoms with Crippen molar-refractivity contribution < 1.29 is 18.9 Å². The van der Waals surface area contributed by atoms with Crippen LogP contribution < -0.4 is 0 Å². The highest BCUT2D eigenvalue weighted by atomic mass is 16.5. The SMILES string of the molecule is CC(C)c1cc(C(=O)N2C[C@H]3CC[C@@H](C2)N(CC(=O)N(C)C)C3=O)no1. The first kappa shape index (κ1) is 18.4. The summed E-state index contributed by atoms with van der Waals surface area (Å²) in [6.07, 6.45) is 1.55. The second kappa shape index (κ2) is 7.09. The molecular formula is C18H26N4O4. The lowest BCUT2D eigenvalue weighted by molar-refractivity contribution is -0.145. The van der Waals surface area contributed by atoms with Gasteiger partial charge in [0.05, 0.1) is 5.92 Å². The number of aromatic nitrogens is 1. The van der Waals surface area contributed by atoms with Gasteiger partial charge in [-0.15, -0.1) is 0 Å². The Morgan fingerprint density at radius 3 is 2.65 bits per heavy atom. The molecule has 0 saturated carbocycles. The summed E-state index contributed by atoms with van der Waals surface area (Å²) in [4.78, 5) is 42.5. The number of amides is 3. The number of piperidine rings is 1. The molecule has 3 amide bonds. The Bertz CT molecular complexity index is 712. The van der Waals surface area contributed by atoms with Crippen molar-refractivity contribution in [1.29, 1.82) is 0 Å². The van der Waals surface area contributed by atoms with E-state index in [9.17, 15) is 14.4 Å². The monoisotopic (exact) mass is 362 g/mol. The fourth-order valence-corrected chi connectivity index (χ4v) is 3.53. The van der Waals surface area contributed by atoms with E-state index in [0.717, 1.165) is 12.8 Å². The Kier molecular flexibility index (Phi) is 5.02. The average molecular weight is 362 g/mol. The molecule has 3 aliphatic rings. The number of fused-ring (bicyclic) bond motifs is 4. The molecule has 3 fully saturated rings. The van der Waals surface area contributed by atoms with Gasteiger partial charge in [0.15, 0.2) is 5.69 Å². The molecule has 142 valence electrons. The summed E-state index contributed by atoms with van der Waals surface area (Å²) in [5, 5.41) is 3.90. The van der Waals surface area contributed by atoms with Gasteiger partial charge in [-0.1, -0.05) is 19.0 Å². The molecule has 0 aromatic carbocycles. The van der Waals surface area contributed by atoms with Crippen LogP contribution in [-0.4, -0.2) is 77.3 Å². The normalized spacial score (nSPS) is 22.7. The molecule has 0 radical (unpaired) electrons. The van der Waals surface area contributed by atoms with Crippen molar-refractivity contribution in [2.75, 3.05) is 33.7 Å². The number of likely N-dealkylation sites (N-methyl/N-ethyl adjacent to an activating group) is 1. The molecule has 3 aliphatic heterocycles. The van der Waals surface area contributed by atoms with E-state index in [1.54, 1.807) is 30.0 Å². The van der Waals surface area contributed by atoms with Crippen molar-refractivity contribution in [3.63, 3.8) is 0 Å². The van der Waals surface area contributed by atoms with Crippen LogP contribution in [0.25, 0.3) is 0 Å². The quantitative estimate of drug-likeness (QED) is 0.796. The molecule has 1 aromatic rings. The Morgan fingerprint density at radius 2 is 2.04 bits per heavy atom. The lowest BCUT2D eigenvalue weighted by atomic mass is 9.94. The van der Waals surface area contributed by atoms with Crippen LogP contribution in [0.15, 0.2) is 10.6 Å². The molecule has 2 bridgehead atoms. The van der Waals surface area contributed by atoms with Gasteiger partial charge in [0.25, 0.3) is 5.91 Å². The smallest absolute Gasteiger partial charge is 0.276 e. The third-order valence-electron chi connectivity index (χ3n) is 5.20. The predicted molar refractivity (Wildman–Crippen MR) is 93.4 cm³/mol. The van der Waals surface area contributed by atoms with Gasteiger partial charge in [0, 0.05) is 45.2 Å². The van der Waals surface area contributed by atoms with E-state index in [4.69, 9.17) is 4.52 Å². The minimum Gasteiger partial charge on any atom is -0.360 e. The summed E-state index contributed by atoms with van der Waals surface area (Å²) in [6, 6.07) is 1.54.